The van der Waals surface area contributed by atoms with Gasteiger partial charge in [-0.2, -0.15) is 0 Å². The lowest BCUT2D eigenvalue weighted by Crippen LogP contribution is -2.59. The van der Waals surface area contributed by atoms with Gasteiger partial charge in [-0.25, -0.2) is 0 Å². The van der Waals surface area contributed by atoms with Gasteiger partial charge in [0.2, 0.25) is 11.8 Å². The van der Waals surface area contributed by atoms with Crippen LogP contribution >= 0.6 is 11.3 Å². The van der Waals surface area contributed by atoms with Crippen LogP contribution in [0.4, 0.5) is 0 Å². The maximum atomic E-state index is 12.7. The Kier molecular flexibility index (Phi) is 7.23. The van der Waals surface area contributed by atoms with Gasteiger partial charge in [-0.15, -0.1) is 0 Å². The zero-order valence-electron chi connectivity index (χ0n) is 15.2. The normalized spacial score (nSPS) is 16.4. The summed E-state index contributed by atoms with van der Waals surface area (Å²) in [6, 6.07) is 0. The minimum atomic E-state index is -0.780. The maximum absolute atomic E-state index is 12.7. The van der Waals surface area contributed by atoms with E-state index >= 15 is 0 Å². The highest BCUT2D eigenvalue weighted by Gasteiger charge is 2.40. The molecule has 0 aromatic carbocycles. The predicted octanol–water partition coefficient (Wildman–Crippen LogP) is 2.34. The summed E-state index contributed by atoms with van der Waals surface area (Å²) < 4.78 is 1.61. The maximum Gasteiger partial charge on any atom is 0.307 e. The second-order valence-electron chi connectivity index (χ2n) is 6.85. The highest BCUT2D eigenvalue weighted by molar-refractivity contribution is 7.07. The van der Waals surface area contributed by atoms with E-state index in [1.54, 1.807) is 9.95 Å². The second kappa shape index (κ2) is 9.17. The van der Waals surface area contributed by atoms with Crippen molar-refractivity contribution < 1.29 is 9.59 Å². The number of nitrogens with one attached hydrogen (secondary N) is 2. The molecule has 0 atom stereocenters. The van der Waals surface area contributed by atoms with E-state index in [9.17, 15) is 14.4 Å². The number of aromatic nitrogens is 1. The lowest BCUT2D eigenvalue weighted by atomic mass is 9.80. The van der Waals surface area contributed by atoms with Crippen LogP contribution < -0.4 is 15.5 Å². The molecule has 1 saturated carbocycles. The lowest BCUT2D eigenvalue weighted by molar-refractivity contribution is -0.135. The largest absolute Gasteiger partial charge is 0.354 e. The molecule has 0 spiro atoms. The van der Waals surface area contributed by atoms with Gasteiger partial charge in [0, 0.05) is 30.6 Å². The van der Waals surface area contributed by atoms with E-state index in [2.05, 4.69) is 17.6 Å². The highest BCUT2D eigenvalue weighted by atomic mass is 32.1. The van der Waals surface area contributed by atoms with Crippen LogP contribution in [0.25, 0.3) is 0 Å². The summed E-state index contributed by atoms with van der Waals surface area (Å²) in [6.45, 7) is 4.95. The Morgan fingerprint density at radius 1 is 1.28 bits per heavy atom. The minimum absolute atomic E-state index is 0.0463. The summed E-state index contributed by atoms with van der Waals surface area (Å²) in [5.41, 5.74) is 0.0880. The molecule has 2 amide bonds. The van der Waals surface area contributed by atoms with Gasteiger partial charge in [0.1, 0.15) is 5.54 Å². The average Bonchev–Trinajstić information content (AvgIpc) is 2.92. The van der Waals surface area contributed by atoms with Crippen molar-refractivity contribution in [3.05, 3.63) is 20.7 Å². The molecule has 1 aliphatic carbocycles. The van der Waals surface area contributed by atoms with E-state index in [0.717, 1.165) is 49.1 Å². The Hall–Kier alpha value is -1.63. The summed E-state index contributed by atoms with van der Waals surface area (Å²) in [6.07, 6.45) is 6.55. The Bertz CT molecular complexity index is 644. The van der Waals surface area contributed by atoms with Gasteiger partial charge in [-0.3, -0.25) is 14.4 Å². The fourth-order valence-corrected chi connectivity index (χ4v) is 4.09. The van der Waals surface area contributed by atoms with Gasteiger partial charge >= 0.3 is 4.87 Å². The molecule has 0 unspecified atom stereocenters. The molecular formula is C18H29N3O3S. The van der Waals surface area contributed by atoms with Crippen molar-refractivity contribution >= 4 is 23.2 Å². The first-order valence-electron chi connectivity index (χ1n) is 9.23. The van der Waals surface area contributed by atoms with Crippen LogP contribution in [0.15, 0.2) is 10.2 Å². The number of thiazole rings is 1. The molecule has 2 N–H and O–H groups in total. The minimum Gasteiger partial charge on any atom is -0.354 e. The molecule has 140 valence electrons. The third-order valence-corrected chi connectivity index (χ3v) is 5.76. The van der Waals surface area contributed by atoms with Crippen molar-refractivity contribution in [2.75, 3.05) is 6.54 Å². The van der Waals surface area contributed by atoms with Crippen LogP contribution in [-0.2, 0) is 16.1 Å². The summed E-state index contributed by atoms with van der Waals surface area (Å²) in [5, 5.41) is 7.77. The van der Waals surface area contributed by atoms with E-state index < -0.39 is 5.54 Å². The van der Waals surface area contributed by atoms with Crippen molar-refractivity contribution in [2.24, 2.45) is 0 Å². The topological polar surface area (TPSA) is 80.2 Å². The molecule has 1 fully saturated rings. The van der Waals surface area contributed by atoms with Crippen LogP contribution in [0.5, 0.6) is 0 Å². The number of aryl methyl sites for hydroxylation is 1. The van der Waals surface area contributed by atoms with E-state index in [-0.39, 0.29) is 23.1 Å². The number of amides is 2. The SMILES string of the molecule is CCCCNC(=O)C1(NC(=O)CCn2c(C)csc2=O)CCCCC1. The molecular weight excluding hydrogens is 338 g/mol. The molecule has 1 heterocycles. The molecule has 25 heavy (non-hydrogen) atoms. The Morgan fingerprint density at radius 2 is 2.00 bits per heavy atom. The standard InChI is InChI=1S/C18H29N3O3S/c1-3-4-11-19-16(23)18(9-6-5-7-10-18)20-15(22)8-12-21-14(2)13-25-17(21)24/h13H,3-12H2,1-2H3,(H,19,23)(H,20,22). The van der Waals surface area contributed by atoms with Gasteiger partial charge in [0.15, 0.2) is 0 Å². The zero-order chi connectivity index (χ0) is 18.3. The van der Waals surface area contributed by atoms with Gasteiger partial charge in [-0.05, 0) is 26.2 Å². The third kappa shape index (κ3) is 5.17. The number of unbranched alkanes of at least 4 members (excludes halogenated alkanes) is 1. The fourth-order valence-electron chi connectivity index (χ4n) is 3.33. The van der Waals surface area contributed by atoms with E-state index in [4.69, 9.17) is 0 Å². The number of hydrogen-bond acceptors (Lipinski definition) is 4. The van der Waals surface area contributed by atoms with Crippen LogP contribution in [0, 0.1) is 6.92 Å². The van der Waals surface area contributed by atoms with Crippen LogP contribution in [0.2, 0.25) is 0 Å². The Balaban J connectivity index is 1.97. The van der Waals surface area contributed by atoms with Gasteiger partial charge in [0.25, 0.3) is 0 Å². The Morgan fingerprint density at radius 3 is 2.60 bits per heavy atom. The van der Waals surface area contributed by atoms with Crippen molar-refractivity contribution in [3.8, 4) is 0 Å². The van der Waals surface area contributed by atoms with Gasteiger partial charge in [-0.1, -0.05) is 43.9 Å². The summed E-state index contributed by atoms with van der Waals surface area (Å²) in [4.78, 5) is 36.9. The molecule has 7 heteroatoms. The smallest absolute Gasteiger partial charge is 0.307 e. The number of rotatable bonds is 8. The average molecular weight is 368 g/mol. The monoisotopic (exact) mass is 367 g/mol. The predicted molar refractivity (Wildman–Crippen MR) is 99.8 cm³/mol. The Labute approximate surface area is 153 Å². The molecule has 2 rings (SSSR count). The number of carbonyl (C=O) groups excluding carboxylic acids is 2. The number of carbonyl (C=O) groups is 2. The first-order valence-corrected chi connectivity index (χ1v) is 10.1. The summed E-state index contributed by atoms with van der Waals surface area (Å²) in [5.74, 6) is -0.220. The van der Waals surface area contributed by atoms with Crippen LogP contribution in [0.3, 0.4) is 0 Å². The highest BCUT2D eigenvalue weighted by Crippen LogP contribution is 2.28. The molecule has 0 saturated heterocycles. The number of hydrogen-bond donors (Lipinski definition) is 2. The molecule has 0 bridgehead atoms. The molecule has 6 nitrogen and oxygen atoms in total. The van der Waals surface area contributed by atoms with Crippen LogP contribution in [-0.4, -0.2) is 28.5 Å². The quantitative estimate of drug-likeness (QED) is 0.692. The summed E-state index contributed by atoms with van der Waals surface area (Å²) >= 11 is 1.15. The van der Waals surface area contributed by atoms with Crippen LogP contribution in [0.1, 0.15) is 64.0 Å². The van der Waals surface area contributed by atoms with Gasteiger partial charge in [0.05, 0.1) is 0 Å². The number of nitrogens with zero attached hydrogens (tertiary/aromatic N) is 1. The van der Waals surface area contributed by atoms with E-state index in [1.165, 1.54) is 0 Å². The van der Waals surface area contributed by atoms with E-state index in [0.29, 0.717) is 25.9 Å². The zero-order valence-corrected chi connectivity index (χ0v) is 16.0. The van der Waals surface area contributed by atoms with E-state index in [1.807, 2.05) is 6.92 Å². The second-order valence-corrected chi connectivity index (χ2v) is 7.67. The molecule has 0 radical (unpaired) electrons. The molecule has 1 aliphatic rings. The first kappa shape index (κ1) is 19.7. The van der Waals surface area contributed by atoms with Crippen molar-refractivity contribution in [2.45, 2.75) is 77.3 Å². The molecule has 0 aliphatic heterocycles. The van der Waals surface area contributed by atoms with Gasteiger partial charge < -0.3 is 15.2 Å². The van der Waals surface area contributed by atoms with Crippen molar-refractivity contribution in [1.82, 2.24) is 15.2 Å². The van der Waals surface area contributed by atoms with Crippen molar-refractivity contribution in [1.29, 1.82) is 0 Å². The third-order valence-electron chi connectivity index (χ3n) is 4.88. The van der Waals surface area contributed by atoms with Crippen molar-refractivity contribution in [3.63, 3.8) is 0 Å². The fraction of sp³-hybridized carbons (Fsp3) is 0.722. The summed E-state index contributed by atoms with van der Waals surface area (Å²) in [7, 11) is 0. The molecule has 1 aromatic rings. The first-order chi connectivity index (χ1) is 12.0. The lowest BCUT2D eigenvalue weighted by Gasteiger charge is -2.36. The molecule has 1 aromatic heterocycles.